The van der Waals surface area contributed by atoms with E-state index in [0.717, 1.165) is 5.69 Å². The SMILES string of the molecule is CC=Nc1ccncc1N. The van der Waals surface area contributed by atoms with Crippen LogP contribution in [0.5, 0.6) is 0 Å². The molecule has 0 aliphatic carbocycles. The molecule has 0 bridgehead atoms. The van der Waals surface area contributed by atoms with E-state index >= 15 is 0 Å². The number of aliphatic imine (C=N–C) groups is 1. The molecule has 1 heterocycles. The van der Waals surface area contributed by atoms with Crippen LogP contribution in [0.4, 0.5) is 11.4 Å². The maximum atomic E-state index is 5.53. The fourth-order valence-electron chi connectivity index (χ4n) is 0.656. The van der Waals surface area contributed by atoms with Gasteiger partial charge < -0.3 is 5.73 Å². The van der Waals surface area contributed by atoms with Crippen LogP contribution < -0.4 is 5.73 Å². The second kappa shape index (κ2) is 2.96. The Hall–Kier alpha value is -1.38. The largest absolute Gasteiger partial charge is 0.396 e. The van der Waals surface area contributed by atoms with Crippen molar-refractivity contribution >= 4 is 17.6 Å². The highest BCUT2D eigenvalue weighted by Gasteiger charge is 1.91. The quantitative estimate of drug-likeness (QED) is 0.591. The van der Waals surface area contributed by atoms with Crippen molar-refractivity contribution in [2.75, 3.05) is 5.73 Å². The number of nitrogens with two attached hydrogens (primary N) is 1. The van der Waals surface area contributed by atoms with Gasteiger partial charge in [-0.3, -0.25) is 9.98 Å². The first-order valence-corrected chi connectivity index (χ1v) is 3.02. The molecule has 0 fully saturated rings. The van der Waals surface area contributed by atoms with Gasteiger partial charge >= 0.3 is 0 Å². The molecule has 0 atom stereocenters. The van der Waals surface area contributed by atoms with E-state index in [1.54, 1.807) is 24.7 Å². The summed E-state index contributed by atoms with van der Waals surface area (Å²) in [5.74, 6) is 0. The molecule has 52 valence electrons. The molecule has 2 N–H and O–H groups in total. The van der Waals surface area contributed by atoms with E-state index in [0.29, 0.717) is 5.69 Å². The maximum absolute atomic E-state index is 5.53. The molecule has 0 aromatic carbocycles. The Balaban J connectivity index is 3.03. The van der Waals surface area contributed by atoms with Crippen LogP contribution >= 0.6 is 0 Å². The van der Waals surface area contributed by atoms with Crippen LogP contribution in [0, 0.1) is 0 Å². The van der Waals surface area contributed by atoms with Crippen molar-refractivity contribution in [2.45, 2.75) is 6.92 Å². The minimum absolute atomic E-state index is 0.612. The summed E-state index contributed by atoms with van der Waals surface area (Å²) in [5, 5.41) is 0. The topological polar surface area (TPSA) is 51.3 Å². The second-order valence-corrected chi connectivity index (χ2v) is 1.82. The van der Waals surface area contributed by atoms with Crippen molar-refractivity contribution in [3.8, 4) is 0 Å². The molecule has 1 aromatic rings. The highest BCUT2D eigenvalue weighted by Crippen LogP contribution is 2.17. The fraction of sp³-hybridized carbons (Fsp3) is 0.143. The van der Waals surface area contributed by atoms with E-state index in [9.17, 15) is 0 Å². The van der Waals surface area contributed by atoms with Crippen LogP contribution in [0.2, 0.25) is 0 Å². The number of aromatic nitrogens is 1. The number of anilines is 1. The summed E-state index contributed by atoms with van der Waals surface area (Å²) in [4.78, 5) is 7.84. The van der Waals surface area contributed by atoms with Gasteiger partial charge in [0.15, 0.2) is 0 Å². The lowest BCUT2D eigenvalue weighted by Gasteiger charge is -1.94. The van der Waals surface area contributed by atoms with Gasteiger partial charge in [0.2, 0.25) is 0 Å². The van der Waals surface area contributed by atoms with Crippen molar-refractivity contribution in [1.29, 1.82) is 0 Å². The van der Waals surface area contributed by atoms with E-state index in [1.165, 1.54) is 0 Å². The Morgan fingerprint density at radius 2 is 2.50 bits per heavy atom. The second-order valence-electron chi connectivity index (χ2n) is 1.82. The average Bonchev–Trinajstić information content (AvgIpc) is 1.94. The Morgan fingerprint density at radius 3 is 3.10 bits per heavy atom. The van der Waals surface area contributed by atoms with E-state index < -0.39 is 0 Å². The number of hydrogen-bond donors (Lipinski definition) is 1. The Morgan fingerprint density at radius 1 is 1.70 bits per heavy atom. The number of nitrogen functional groups attached to an aromatic ring is 1. The molecule has 0 aliphatic heterocycles. The third kappa shape index (κ3) is 1.31. The maximum Gasteiger partial charge on any atom is 0.0886 e. The van der Waals surface area contributed by atoms with Gasteiger partial charge in [0.05, 0.1) is 17.6 Å². The van der Waals surface area contributed by atoms with E-state index in [2.05, 4.69) is 9.98 Å². The summed E-state index contributed by atoms with van der Waals surface area (Å²) < 4.78 is 0. The number of pyridine rings is 1. The normalized spacial score (nSPS) is 10.5. The molecule has 1 rings (SSSR count). The molecule has 0 saturated heterocycles. The van der Waals surface area contributed by atoms with Gasteiger partial charge in [-0.1, -0.05) is 0 Å². The van der Waals surface area contributed by atoms with Crippen LogP contribution in [0.15, 0.2) is 23.5 Å². The summed E-state index contributed by atoms with van der Waals surface area (Å²) in [5.41, 5.74) is 6.92. The van der Waals surface area contributed by atoms with Crippen LogP contribution in [-0.4, -0.2) is 11.2 Å². The van der Waals surface area contributed by atoms with Crippen LogP contribution in [0.25, 0.3) is 0 Å². The van der Waals surface area contributed by atoms with Gasteiger partial charge in [0.25, 0.3) is 0 Å². The number of hydrogen-bond acceptors (Lipinski definition) is 3. The summed E-state index contributed by atoms with van der Waals surface area (Å²) in [6.07, 6.45) is 4.95. The lowest BCUT2D eigenvalue weighted by atomic mass is 10.4. The Bertz CT molecular complexity index is 242. The fourth-order valence-corrected chi connectivity index (χ4v) is 0.656. The van der Waals surface area contributed by atoms with E-state index in [4.69, 9.17) is 5.73 Å². The monoisotopic (exact) mass is 135 g/mol. The minimum atomic E-state index is 0.612. The third-order valence-corrected chi connectivity index (χ3v) is 1.10. The zero-order valence-corrected chi connectivity index (χ0v) is 5.78. The predicted molar refractivity (Wildman–Crippen MR) is 42.5 cm³/mol. The zero-order valence-electron chi connectivity index (χ0n) is 5.78. The Labute approximate surface area is 59.6 Å². The molecular formula is C7H9N3. The van der Waals surface area contributed by atoms with Crippen LogP contribution in [0.1, 0.15) is 6.92 Å². The molecule has 1 aromatic heterocycles. The van der Waals surface area contributed by atoms with Gasteiger partial charge in [-0.15, -0.1) is 0 Å². The molecular weight excluding hydrogens is 126 g/mol. The van der Waals surface area contributed by atoms with Gasteiger partial charge in [-0.2, -0.15) is 0 Å². The van der Waals surface area contributed by atoms with Gasteiger partial charge in [0, 0.05) is 12.4 Å². The van der Waals surface area contributed by atoms with Crippen molar-refractivity contribution in [1.82, 2.24) is 4.98 Å². The smallest absolute Gasteiger partial charge is 0.0886 e. The third-order valence-electron chi connectivity index (χ3n) is 1.10. The Kier molecular flexibility index (Phi) is 1.99. The lowest BCUT2D eigenvalue weighted by Crippen LogP contribution is -1.85. The number of nitrogens with zero attached hydrogens (tertiary/aromatic N) is 2. The lowest BCUT2D eigenvalue weighted by molar-refractivity contribution is 1.32. The summed E-state index contributed by atoms with van der Waals surface area (Å²) in [6, 6.07) is 1.77. The zero-order chi connectivity index (χ0) is 7.40. The van der Waals surface area contributed by atoms with E-state index in [1.807, 2.05) is 6.92 Å². The average molecular weight is 135 g/mol. The molecule has 0 spiro atoms. The van der Waals surface area contributed by atoms with Crippen molar-refractivity contribution in [2.24, 2.45) is 4.99 Å². The summed E-state index contributed by atoms with van der Waals surface area (Å²) in [7, 11) is 0. The minimum Gasteiger partial charge on any atom is -0.396 e. The predicted octanol–water partition coefficient (Wildman–Crippen LogP) is 1.39. The first-order valence-electron chi connectivity index (χ1n) is 3.02. The van der Waals surface area contributed by atoms with Gasteiger partial charge in [0.1, 0.15) is 0 Å². The highest BCUT2D eigenvalue weighted by molar-refractivity contribution is 5.68. The van der Waals surface area contributed by atoms with Gasteiger partial charge in [-0.05, 0) is 13.0 Å². The van der Waals surface area contributed by atoms with Crippen LogP contribution in [0.3, 0.4) is 0 Å². The molecule has 0 radical (unpaired) electrons. The standard InChI is InChI=1S/C7H9N3/c1-2-10-7-3-4-9-5-6(7)8/h2-5H,8H2,1H3. The molecule has 10 heavy (non-hydrogen) atoms. The van der Waals surface area contributed by atoms with E-state index in [-0.39, 0.29) is 0 Å². The molecule has 3 nitrogen and oxygen atoms in total. The first kappa shape index (κ1) is 6.74. The van der Waals surface area contributed by atoms with Crippen molar-refractivity contribution in [3.05, 3.63) is 18.5 Å². The number of rotatable bonds is 1. The molecule has 3 heteroatoms. The summed E-state index contributed by atoms with van der Waals surface area (Å²) >= 11 is 0. The molecule has 0 saturated carbocycles. The summed E-state index contributed by atoms with van der Waals surface area (Å²) in [6.45, 7) is 1.85. The molecule has 0 unspecified atom stereocenters. The first-order chi connectivity index (χ1) is 4.84. The highest BCUT2D eigenvalue weighted by atomic mass is 14.8. The van der Waals surface area contributed by atoms with Crippen molar-refractivity contribution in [3.63, 3.8) is 0 Å². The van der Waals surface area contributed by atoms with Crippen molar-refractivity contribution < 1.29 is 0 Å². The molecule has 0 amide bonds. The van der Waals surface area contributed by atoms with Gasteiger partial charge in [-0.25, -0.2) is 0 Å². The molecule has 0 aliphatic rings. The van der Waals surface area contributed by atoms with Crippen LogP contribution in [-0.2, 0) is 0 Å².